The summed E-state index contributed by atoms with van der Waals surface area (Å²) in [5.74, 6) is -0.155. The van der Waals surface area contributed by atoms with E-state index in [1.54, 1.807) is 7.05 Å². The van der Waals surface area contributed by atoms with Crippen molar-refractivity contribution in [3.63, 3.8) is 0 Å². The van der Waals surface area contributed by atoms with Crippen LogP contribution in [0.1, 0.15) is 25.7 Å². The van der Waals surface area contributed by atoms with Crippen molar-refractivity contribution in [1.29, 1.82) is 0 Å². The predicted octanol–water partition coefficient (Wildman–Crippen LogP) is -0.538. The molecule has 86 valence electrons. The normalized spacial score (nSPS) is 21.8. The summed E-state index contributed by atoms with van der Waals surface area (Å²) in [4.78, 5) is 24.1. The molecular weight excluding hydrogens is 194 g/mol. The van der Waals surface area contributed by atoms with Crippen molar-refractivity contribution >= 4 is 11.8 Å². The van der Waals surface area contributed by atoms with Crippen LogP contribution in [-0.2, 0) is 9.59 Å². The van der Waals surface area contributed by atoms with Crippen LogP contribution in [0, 0.1) is 0 Å². The third kappa shape index (κ3) is 3.51. The maximum absolute atomic E-state index is 11.8. The van der Waals surface area contributed by atoms with Crippen LogP contribution in [0.5, 0.6) is 0 Å². The predicted molar refractivity (Wildman–Crippen MR) is 57.1 cm³/mol. The summed E-state index contributed by atoms with van der Waals surface area (Å²) >= 11 is 0. The van der Waals surface area contributed by atoms with Gasteiger partial charge in [0, 0.05) is 19.5 Å². The number of likely N-dealkylation sites (N-methyl/N-ethyl adjacent to an activating group) is 1. The minimum absolute atomic E-state index is 0.0488. The lowest BCUT2D eigenvalue weighted by Gasteiger charge is -2.32. The smallest absolute Gasteiger partial charge is 0.239 e. The summed E-state index contributed by atoms with van der Waals surface area (Å²) < 4.78 is 0. The zero-order chi connectivity index (χ0) is 11.3. The van der Waals surface area contributed by atoms with Crippen LogP contribution < -0.4 is 11.1 Å². The minimum atomic E-state index is -0.301. The quantitative estimate of drug-likeness (QED) is 0.644. The number of carbonyl (C=O) groups is 2. The van der Waals surface area contributed by atoms with Gasteiger partial charge in [0.05, 0.1) is 6.04 Å². The number of hydrogen-bond acceptors (Lipinski definition) is 3. The van der Waals surface area contributed by atoms with Crippen molar-refractivity contribution < 1.29 is 9.59 Å². The molecule has 0 spiro atoms. The molecule has 1 atom stereocenters. The maximum atomic E-state index is 11.8. The highest BCUT2D eigenvalue weighted by molar-refractivity contribution is 5.82. The zero-order valence-corrected chi connectivity index (χ0v) is 9.16. The summed E-state index contributed by atoms with van der Waals surface area (Å²) in [5.41, 5.74) is 5.04. The molecule has 1 rings (SSSR count). The van der Waals surface area contributed by atoms with Crippen LogP contribution in [-0.4, -0.2) is 42.9 Å². The molecule has 1 heterocycles. The molecule has 5 heteroatoms. The molecule has 0 aromatic carbocycles. The molecule has 1 fully saturated rings. The third-order valence-electron chi connectivity index (χ3n) is 2.73. The van der Waals surface area contributed by atoms with Crippen molar-refractivity contribution in [2.45, 2.75) is 31.7 Å². The number of carbonyl (C=O) groups excluding carboxylic acids is 2. The Labute approximate surface area is 90.0 Å². The number of piperidine rings is 1. The van der Waals surface area contributed by atoms with Gasteiger partial charge in [0.1, 0.15) is 0 Å². The van der Waals surface area contributed by atoms with Gasteiger partial charge < -0.3 is 16.0 Å². The molecule has 1 saturated heterocycles. The minimum Gasteiger partial charge on any atom is -0.370 e. The first-order chi connectivity index (χ1) is 7.15. The zero-order valence-electron chi connectivity index (χ0n) is 9.16. The Bertz CT molecular complexity index is 243. The molecule has 0 aromatic heterocycles. The van der Waals surface area contributed by atoms with Crippen LogP contribution in [0.15, 0.2) is 0 Å². The maximum Gasteiger partial charge on any atom is 0.239 e. The van der Waals surface area contributed by atoms with E-state index < -0.39 is 0 Å². The highest BCUT2D eigenvalue weighted by atomic mass is 16.2. The van der Waals surface area contributed by atoms with Gasteiger partial charge in [-0.3, -0.25) is 9.59 Å². The second-order valence-electron chi connectivity index (χ2n) is 3.88. The van der Waals surface area contributed by atoms with Gasteiger partial charge in [0.2, 0.25) is 11.8 Å². The van der Waals surface area contributed by atoms with E-state index in [-0.39, 0.29) is 17.9 Å². The molecule has 0 radical (unpaired) electrons. The fraction of sp³-hybridized carbons (Fsp3) is 0.800. The average molecular weight is 213 g/mol. The molecule has 0 aliphatic carbocycles. The molecule has 2 amide bonds. The van der Waals surface area contributed by atoms with Crippen molar-refractivity contribution in [1.82, 2.24) is 10.2 Å². The SMILES string of the molecule is CNC1CCCN(CCCC(N)=O)C1=O. The van der Waals surface area contributed by atoms with E-state index >= 15 is 0 Å². The first kappa shape index (κ1) is 12.0. The monoisotopic (exact) mass is 213 g/mol. The van der Waals surface area contributed by atoms with Crippen molar-refractivity contribution in [3.05, 3.63) is 0 Å². The highest BCUT2D eigenvalue weighted by Gasteiger charge is 2.26. The van der Waals surface area contributed by atoms with E-state index in [0.29, 0.717) is 19.4 Å². The van der Waals surface area contributed by atoms with E-state index in [0.717, 1.165) is 19.4 Å². The molecule has 5 nitrogen and oxygen atoms in total. The Morgan fingerprint density at radius 3 is 3.00 bits per heavy atom. The Morgan fingerprint density at radius 2 is 2.40 bits per heavy atom. The molecule has 0 saturated carbocycles. The van der Waals surface area contributed by atoms with Gasteiger partial charge in [-0.25, -0.2) is 0 Å². The number of nitrogens with zero attached hydrogens (tertiary/aromatic N) is 1. The second-order valence-corrected chi connectivity index (χ2v) is 3.88. The van der Waals surface area contributed by atoms with Gasteiger partial charge in [-0.2, -0.15) is 0 Å². The van der Waals surface area contributed by atoms with Gasteiger partial charge in [0.25, 0.3) is 0 Å². The second kappa shape index (κ2) is 5.70. The van der Waals surface area contributed by atoms with Gasteiger partial charge in [-0.05, 0) is 26.3 Å². The summed E-state index contributed by atoms with van der Waals surface area (Å²) in [6.07, 6.45) is 2.95. The van der Waals surface area contributed by atoms with Gasteiger partial charge in [-0.15, -0.1) is 0 Å². The summed E-state index contributed by atoms with van der Waals surface area (Å²) in [6, 6.07) is -0.0488. The van der Waals surface area contributed by atoms with E-state index in [2.05, 4.69) is 5.32 Å². The standard InChI is InChI=1S/C10H19N3O2/c1-12-8-4-2-6-13(10(8)15)7-3-5-9(11)14/h8,12H,2-7H2,1H3,(H2,11,14). The van der Waals surface area contributed by atoms with Crippen LogP contribution in [0.3, 0.4) is 0 Å². The summed E-state index contributed by atoms with van der Waals surface area (Å²) in [7, 11) is 1.80. The fourth-order valence-electron chi connectivity index (χ4n) is 1.87. The Hall–Kier alpha value is -1.10. The van der Waals surface area contributed by atoms with Crippen LogP contribution in [0.25, 0.3) is 0 Å². The average Bonchev–Trinajstić information content (AvgIpc) is 2.20. The molecule has 0 aromatic rings. The van der Waals surface area contributed by atoms with Crippen LogP contribution in [0.2, 0.25) is 0 Å². The lowest BCUT2D eigenvalue weighted by molar-refractivity contribution is -0.136. The number of amides is 2. The first-order valence-electron chi connectivity index (χ1n) is 5.39. The summed E-state index contributed by atoms with van der Waals surface area (Å²) in [6.45, 7) is 1.44. The number of hydrogen-bond donors (Lipinski definition) is 2. The number of nitrogens with two attached hydrogens (primary N) is 1. The number of nitrogens with one attached hydrogen (secondary N) is 1. The van der Waals surface area contributed by atoms with Gasteiger partial charge in [0.15, 0.2) is 0 Å². The molecule has 1 aliphatic heterocycles. The molecule has 1 aliphatic rings. The third-order valence-corrected chi connectivity index (χ3v) is 2.73. The van der Waals surface area contributed by atoms with E-state index in [4.69, 9.17) is 5.73 Å². The van der Waals surface area contributed by atoms with Crippen LogP contribution >= 0.6 is 0 Å². The van der Waals surface area contributed by atoms with E-state index in [9.17, 15) is 9.59 Å². The molecule has 1 unspecified atom stereocenters. The van der Waals surface area contributed by atoms with E-state index in [1.165, 1.54) is 0 Å². The number of likely N-dealkylation sites (tertiary alicyclic amines) is 1. The Morgan fingerprint density at radius 1 is 1.67 bits per heavy atom. The molecule has 3 N–H and O–H groups in total. The molecular formula is C10H19N3O2. The fourth-order valence-corrected chi connectivity index (χ4v) is 1.87. The number of rotatable bonds is 5. The lowest BCUT2D eigenvalue weighted by atomic mass is 10.0. The lowest BCUT2D eigenvalue weighted by Crippen LogP contribution is -2.49. The summed E-state index contributed by atoms with van der Waals surface area (Å²) in [5, 5.41) is 3.00. The Balaban J connectivity index is 2.34. The van der Waals surface area contributed by atoms with Crippen LogP contribution in [0.4, 0.5) is 0 Å². The van der Waals surface area contributed by atoms with Gasteiger partial charge in [-0.1, -0.05) is 0 Å². The van der Waals surface area contributed by atoms with Crippen molar-refractivity contribution in [3.8, 4) is 0 Å². The number of primary amides is 1. The largest absolute Gasteiger partial charge is 0.370 e. The Kier molecular flexibility index (Phi) is 4.55. The van der Waals surface area contributed by atoms with Crippen molar-refractivity contribution in [2.24, 2.45) is 5.73 Å². The first-order valence-corrected chi connectivity index (χ1v) is 5.39. The topological polar surface area (TPSA) is 75.4 Å². The van der Waals surface area contributed by atoms with Gasteiger partial charge >= 0.3 is 0 Å². The van der Waals surface area contributed by atoms with E-state index in [1.807, 2.05) is 4.90 Å². The van der Waals surface area contributed by atoms with Crippen molar-refractivity contribution in [2.75, 3.05) is 20.1 Å². The molecule has 0 bridgehead atoms. The highest BCUT2D eigenvalue weighted by Crippen LogP contribution is 2.11. The molecule has 15 heavy (non-hydrogen) atoms.